The fourth-order valence-corrected chi connectivity index (χ4v) is 2.73. The zero-order valence-corrected chi connectivity index (χ0v) is 17.7. The Bertz CT molecular complexity index is 897. The van der Waals surface area contributed by atoms with Gasteiger partial charge in [-0.25, -0.2) is 13.9 Å². The number of nitrogens with zero attached hydrogens (tertiary/aromatic N) is 3. The van der Waals surface area contributed by atoms with Gasteiger partial charge in [-0.1, -0.05) is 36.0 Å². The molecule has 2 rings (SSSR count). The fraction of sp³-hybridized carbons (Fsp3) is 0.250. The van der Waals surface area contributed by atoms with E-state index in [9.17, 15) is 9.59 Å². The molecular weight excluding hydrogens is 445 g/mol. The lowest BCUT2D eigenvalue weighted by Gasteiger charge is -2.20. The zero-order valence-electron chi connectivity index (χ0n) is 15.3. The number of anilines is 3. The highest BCUT2D eigenvalue weighted by molar-refractivity contribution is 7.82. The van der Waals surface area contributed by atoms with E-state index in [-0.39, 0.29) is 51.9 Å². The first-order valence-electron chi connectivity index (χ1n) is 7.89. The lowest BCUT2D eigenvalue weighted by atomic mass is 10.2. The van der Waals surface area contributed by atoms with Crippen molar-refractivity contribution in [2.24, 2.45) is 0 Å². The van der Waals surface area contributed by atoms with Crippen LogP contribution in [0.25, 0.3) is 0 Å². The number of hydrogen-bond donors (Lipinski definition) is 3. The predicted octanol–water partition coefficient (Wildman–Crippen LogP) is 3.06. The van der Waals surface area contributed by atoms with Crippen LogP contribution in [0.4, 0.5) is 22.0 Å². The first-order valence-corrected chi connectivity index (χ1v) is 9.05. The third kappa shape index (κ3) is 5.54. The molecule has 0 saturated carbocycles. The van der Waals surface area contributed by atoms with E-state index in [0.29, 0.717) is 0 Å². The van der Waals surface area contributed by atoms with E-state index in [0.717, 1.165) is 4.31 Å². The number of urea groups is 1. The number of nitrogens with two attached hydrogens (primary N) is 1. The molecule has 2 aromatic heterocycles. The van der Waals surface area contributed by atoms with Gasteiger partial charge in [0.05, 0.1) is 29.4 Å². The quantitative estimate of drug-likeness (QED) is 0.325. The highest BCUT2D eigenvalue weighted by atomic mass is 35.5. The van der Waals surface area contributed by atoms with Gasteiger partial charge >= 0.3 is 12.0 Å². The smallest absolute Gasteiger partial charge is 0.343 e. The number of pyridine rings is 2. The Morgan fingerprint density at radius 3 is 2.48 bits per heavy atom. The summed E-state index contributed by atoms with van der Waals surface area (Å²) in [4.78, 5) is 32.5. The average Bonchev–Trinajstić information content (AvgIpc) is 2.70. The summed E-state index contributed by atoms with van der Waals surface area (Å²) >= 11 is 16.1. The highest BCUT2D eigenvalue weighted by Crippen LogP contribution is 2.33. The zero-order chi connectivity index (χ0) is 21.6. The van der Waals surface area contributed by atoms with Gasteiger partial charge in [-0.15, -0.1) is 0 Å². The van der Waals surface area contributed by atoms with E-state index >= 15 is 0 Å². The van der Waals surface area contributed by atoms with Gasteiger partial charge in [0.25, 0.3) is 0 Å². The first kappa shape index (κ1) is 22.8. The molecule has 2 amide bonds. The Morgan fingerprint density at radius 2 is 1.90 bits per heavy atom. The molecule has 156 valence electrons. The number of carbonyl (C=O) groups is 2. The summed E-state index contributed by atoms with van der Waals surface area (Å²) in [5.41, 5.74) is 6.00. The minimum absolute atomic E-state index is 0.00614. The molecule has 13 heteroatoms. The second kappa shape index (κ2) is 10.3. The van der Waals surface area contributed by atoms with Crippen LogP contribution in [0.15, 0.2) is 18.5 Å². The average molecular weight is 462 g/mol. The Kier molecular flexibility index (Phi) is 8.14. The second-order valence-corrected chi connectivity index (χ2v) is 6.51. The summed E-state index contributed by atoms with van der Waals surface area (Å²) in [6, 6.07) is 0.499. The number of ether oxygens (including phenoxy) is 3. The van der Waals surface area contributed by atoms with Crippen LogP contribution >= 0.6 is 36.0 Å². The van der Waals surface area contributed by atoms with E-state index in [1.54, 1.807) is 0 Å². The Morgan fingerprint density at radius 1 is 1.24 bits per heavy atom. The molecule has 0 radical (unpaired) electrons. The van der Waals surface area contributed by atoms with Crippen LogP contribution in [0.5, 0.6) is 5.88 Å². The molecular formula is C16H17Cl2N5O5S. The minimum atomic E-state index is -0.763. The molecule has 2 aromatic rings. The Labute approximate surface area is 181 Å². The predicted molar refractivity (Wildman–Crippen MR) is 112 cm³/mol. The monoisotopic (exact) mass is 461 g/mol. The van der Waals surface area contributed by atoms with Gasteiger partial charge in [0.2, 0.25) is 5.88 Å². The number of nitrogens with one attached hydrogen (secondary N) is 1. The van der Waals surface area contributed by atoms with Crippen LogP contribution < -0.4 is 20.1 Å². The van der Waals surface area contributed by atoms with E-state index in [1.165, 1.54) is 32.7 Å². The van der Waals surface area contributed by atoms with Crippen molar-refractivity contribution >= 4 is 65.2 Å². The number of hydrogen-bond acceptors (Lipinski definition) is 9. The topological polar surface area (TPSA) is 129 Å². The second-order valence-electron chi connectivity index (χ2n) is 5.30. The van der Waals surface area contributed by atoms with Crippen molar-refractivity contribution < 1.29 is 23.8 Å². The number of rotatable bonds is 7. The van der Waals surface area contributed by atoms with Crippen molar-refractivity contribution in [1.29, 1.82) is 0 Å². The summed E-state index contributed by atoms with van der Waals surface area (Å²) in [6.45, 7) is 0.384. The molecule has 0 saturated heterocycles. The SMILES string of the molecule is COCCOc1nc(N)c(N(S)C(=O)Nc2c(Cl)cncc2Cl)cc1C(=O)OC. The van der Waals surface area contributed by atoms with Gasteiger partial charge in [-0.2, -0.15) is 4.98 Å². The Balaban J connectivity index is 2.34. The molecule has 10 nitrogen and oxygen atoms in total. The molecule has 29 heavy (non-hydrogen) atoms. The summed E-state index contributed by atoms with van der Waals surface area (Å²) in [7, 11) is 2.68. The lowest BCUT2D eigenvalue weighted by Crippen LogP contribution is -2.28. The van der Waals surface area contributed by atoms with Crippen molar-refractivity contribution in [2.75, 3.05) is 42.8 Å². The van der Waals surface area contributed by atoms with Gasteiger partial charge < -0.3 is 25.3 Å². The molecule has 0 aromatic carbocycles. The van der Waals surface area contributed by atoms with Crippen molar-refractivity contribution in [3.8, 4) is 5.88 Å². The van der Waals surface area contributed by atoms with Gasteiger partial charge in [0.1, 0.15) is 17.9 Å². The summed E-state index contributed by atoms with van der Waals surface area (Å²) in [5, 5.41) is 2.72. The molecule has 0 fully saturated rings. The van der Waals surface area contributed by atoms with Crippen LogP contribution in [0.2, 0.25) is 10.0 Å². The lowest BCUT2D eigenvalue weighted by molar-refractivity contribution is 0.0592. The number of halogens is 2. The van der Waals surface area contributed by atoms with Crippen LogP contribution in [0.3, 0.4) is 0 Å². The van der Waals surface area contributed by atoms with E-state index in [2.05, 4.69) is 28.1 Å². The van der Waals surface area contributed by atoms with Crippen molar-refractivity contribution in [2.45, 2.75) is 0 Å². The van der Waals surface area contributed by atoms with Gasteiger partial charge in [-0.05, 0) is 6.07 Å². The summed E-state index contributed by atoms with van der Waals surface area (Å²) in [6.07, 6.45) is 2.62. The summed E-state index contributed by atoms with van der Waals surface area (Å²) < 4.78 is 15.9. The maximum atomic E-state index is 12.6. The van der Waals surface area contributed by atoms with E-state index in [1.807, 2.05) is 0 Å². The number of carbonyl (C=O) groups excluding carboxylic acids is 2. The first-order chi connectivity index (χ1) is 13.8. The highest BCUT2D eigenvalue weighted by Gasteiger charge is 2.24. The van der Waals surface area contributed by atoms with Crippen LogP contribution in [0.1, 0.15) is 10.4 Å². The third-order valence-corrected chi connectivity index (χ3v) is 4.40. The number of thiol groups is 1. The number of aromatic nitrogens is 2. The largest absolute Gasteiger partial charge is 0.475 e. The van der Waals surface area contributed by atoms with Gasteiger partial charge in [0.15, 0.2) is 5.82 Å². The van der Waals surface area contributed by atoms with E-state index in [4.69, 9.17) is 43.1 Å². The standard InChI is InChI=1S/C16H17Cl2N5O5S/c1-26-3-4-28-14-8(15(24)27-2)5-11(13(19)22-14)23(29)16(25)21-12-9(17)6-20-7-10(12)18/h5-7,29H,3-4H2,1-2H3,(H2,19,22)(H,20,21,25). The van der Waals surface area contributed by atoms with Gasteiger partial charge in [0, 0.05) is 19.5 Å². The number of methoxy groups -OCH3 is 2. The molecule has 0 aliphatic carbocycles. The normalized spacial score (nSPS) is 10.4. The fourth-order valence-electron chi connectivity index (χ4n) is 2.06. The molecule has 0 aliphatic rings. The molecule has 2 heterocycles. The molecule has 3 N–H and O–H groups in total. The van der Waals surface area contributed by atoms with Crippen LogP contribution in [0, 0.1) is 0 Å². The van der Waals surface area contributed by atoms with Gasteiger partial charge in [-0.3, -0.25) is 4.98 Å². The van der Waals surface area contributed by atoms with Crippen molar-refractivity contribution in [1.82, 2.24) is 9.97 Å². The molecule has 0 aliphatic heterocycles. The number of esters is 1. The van der Waals surface area contributed by atoms with E-state index < -0.39 is 12.0 Å². The Hall–Kier alpha value is -2.47. The third-order valence-electron chi connectivity index (χ3n) is 3.43. The van der Waals surface area contributed by atoms with Crippen LogP contribution in [-0.4, -0.2) is 49.4 Å². The van der Waals surface area contributed by atoms with Crippen molar-refractivity contribution in [3.63, 3.8) is 0 Å². The van der Waals surface area contributed by atoms with Crippen molar-refractivity contribution in [3.05, 3.63) is 34.1 Å². The maximum absolute atomic E-state index is 12.6. The number of nitrogen functional groups attached to an aromatic ring is 1. The molecule has 0 unspecified atom stereocenters. The van der Waals surface area contributed by atoms with Crippen LogP contribution in [-0.2, 0) is 9.47 Å². The minimum Gasteiger partial charge on any atom is -0.475 e. The number of amides is 2. The molecule has 0 bridgehead atoms. The summed E-state index contributed by atoms with van der Waals surface area (Å²) in [5.74, 6) is -0.937. The molecule has 0 atom stereocenters. The molecule has 0 spiro atoms. The maximum Gasteiger partial charge on any atom is 0.343 e.